The van der Waals surface area contributed by atoms with Gasteiger partial charge >= 0.3 is 0 Å². The monoisotopic (exact) mass is 210 g/mol. The van der Waals surface area contributed by atoms with Crippen molar-refractivity contribution in [3.8, 4) is 0 Å². The average Bonchev–Trinajstić information content (AvgIpc) is 2.15. The second-order valence-corrected chi connectivity index (χ2v) is 4.82. The fourth-order valence-electron chi connectivity index (χ4n) is 2.80. The minimum Gasteiger partial charge on any atom is -0.342 e. The maximum atomic E-state index is 11.3. The number of fused-ring (bicyclic) bond motifs is 2. The van der Waals surface area contributed by atoms with E-state index in [4.69, 9.17) is 0 Å². The Balaban J connectivity index is 2.02. The second kappa shape index (κ2) is 3.83. The maximum absolute atomic E-state index is 11.3. The van der Waals surface area contributed by atoms with E-state index in [2.05, 4.69) is 0 Å². The highest BCUT2D eigenvalue weighted by atomic mass is 16.2. The summed E-state index contributed by atoms with van der Waals surface area (Å²) in [7, 11) is 0. The van der Waals surface area contributed by atoms with Crippen molar-refractivity contribution in [1.29, 1.82) is 0 Å². The van der Waals surface area contributed by atoms with Crippen molar-refractivity contribution in [3.05, 3.63) is 0 Å². The third-order valence-electron chi connectivity index (χ3n) is 3.47. The topological polar surface area (TPSA) is 40.6 Å². The Morgan fingerprint density at radius 2 is 1.20 bits per heavy atom. The number of amides is 2. The lowest BCUT2D eigenvalue weighted by Gasteiger charge is -2.45. The van der Waals surface area contributed by atoms with Gasteiger partial charge in [-0.2, -0.15) is 0 Å². The van der Waals surface area contributed by atoms with Gasteiger partial charge in [-0.05, 0) is 18.3 Å². The van der Waals surface area contributed by atoms with Crippen molar-refractivity contribution < 1.29 is 9.59 Å². The molecule has 15 heavy (non-hydrogen) atoms. The maximum Gasteiger partial charge on any atom is 0.219 e. The molecule has 0 saturated carbocycles. The zero-order valence-corrected chi connectivity index (χ0v) is 9.40. The van der Waals surface area contributed by atoms with Crippen LogP contribution in [0, 0.1) is 11.8 Å². The number of hydrogen-bond donors (Lipinski definition) is 0. The molecule has 0 spiro atoms. The fraction of sp³-hybridized carbons (Fsp3) is 0.818. The highest BCUT2D eigenvalue weighted by Crippen LogP contribution is 2.28. The second-order valence-electron chi connectivity index (χ2n) is 4.82. The van der Waals surface area contributed by atoms with Crippen LogP contribution in [0.25, 0.3) is 0 Å². The molecule has 0 N–H and O–H groups in total. The van der Waals surface area contributed by atoms with Crippen LogP contribution >= 0.6 is 0 Å². The number of nitrogens with zero attached hydrogens (tertiary/aromatic N) is 2. The van der Waals surface area contributed by atoms with Gasteiger partial charge in [-0.25, -0.2) is 0 Å². The Labute approximate surface area is 90.2 Å². The Morgan fingerprint density at radius 1 is 0.867 bits per heavy atom. The minimum absolute atomic E-state index is 0.168. The first-order valence-corrected chi connectivity index (χ1v) is 5.57. The van der Waals surface area contributed by atoms with Gasteiger partial charge in [0.1, 0.15) is 0 Å². The van der Waals surface area contributed by atoms with E-state index in [1.54, 1.807) is 13.8 Å². The summed E-state index contributed by atoms with van der Waals surface area (Å²) >= 11 is 0. The predicted molar refractivity (Wildman–Crippen MR) is 56.1 cm³/mol. The van der Waals surface area contributed by atoms with Crippen molar-refractivity contribution >= 4 is 11.8 Å². The van der Waals surface area contributed by atoms with E-state index >= 15 is 0 Å². The Bertz CT molecular complexity index is 250. The summed E-state index contributed by atoms with van der Waals surface area (Å²) in [5.41, 5.74) is 0. The van der Waals surface area contributed by atoms with Crippen LogP contribution < -0.4 is 0 Å². The van der Waals surface area contributed by atoms with E-state index in [1.807, 2.05) is 9.80 Å². The predicted octanol–water partition coefficient (Wildman–Crippen LogP) is 0.333. The molecule has 0 aromatic rings. The summed E-state index contributed by atoms with van der Waals surface area (Å²) < 4.78 is 0. The molecule has 2 aliphatic rings. The van der Waals surface area contributed by atoms with Gasteiger partial charge in [0, 0.05) is 40.0 Å². The van der Waals surface area contributed by atoms with E-state index in [-0.39, 0.29) is 11.8 Å². The van der Waals surface area contributed by atoms with E-state index in [0.29, 0.717) is 11.8 Å². The van der Waals surface area contributed by atoms with Crippen molar-refractivity contribution in [2.45, 2.75) is 20.3 Å². The summed E-state index contributed by atoms with van der Waals surface area (Å²) in [6.45, 7) is 6.57. The molecule has 2 rings (SSSR count). The largest absolute Gasteiger partial charge is 0.342 e. The lowest BCUT2D eigenvalue weighted by atomic mass is 9.84. The van der Waals surface area contributed by atoms with Crippen LogP contribution in [-0.4, -0.2) is 47.8 Å². The summed E-state index contributed by atoms with van der Waals surface area (Å²) in [5, 5.41) is 0. The molecule has 4 heteroatoms. The van der Waals surface area contributed by atoms with Crippen LogP contribution in [0.5, 0.6) is 0 Å². The first-order valence-electron chi connectivity index (χ1n) is 5.57. The zero-order chi connectivity index (χ0) is 11.0. The number of hydrogen-bond acceptors (Lipinski definition) is 2. The lowest BCUT2D eigenvalue weighted by molar-refractivity contribution is -0.138. The van der Waals surface area contributed by atoms with Crippen LogP contribution in [0.15, 0.2) is 0 Å². The SMILES string of the molecule is CC(=O)N1CC2CC(C1)CN(C(C)=O)C2. The molecule has 0 aromatic carbocycles. The Morgan fingerprint density at radius 3 is 1.47 bits per heavy atom. The lowest BCUT2D eigenvalue weighted by Crippen LogP contribution is -2.54. The molecule has 0 radical (unpaired) electrons. The van der Waals surface area contributed by atoms with E-state index < -0.39 is 0 Å². The van der Waals surface area contributed by atoms with E-state index in [0.717, 1.165) is 26.2 Å². The third-order valence-corrected chi connectivity index (χ3v) is 3.47. The van der Waals surface area contributed by atoms with E-state index in [1.165, 1.54) is 6.42 Å². The average molecular weight is 210 g/mol. The summed E-state index contributed by atoms with van der Waals surface area (Å²) in [6.07, 6.45) is 1.17. The highest BCUT2D eigenvalue weighted by Gasteiger charge is 2.35. The standard InChI is InChI=1S/C11H18N2O2/c1-8(14)12-4-10-3-11(5-12)7-13(6-10)9(2)15/h10-11H,3-7H2,1-2H3. The van der Waals surface area contributed by atoms with Gasteiger partial charge in [0.25, 0.3) is 0 Å². The summed E-state index contributed by atoms with van der Waals surface area (Å²) in [5.74, 6) is 1.32. The van der Waals surface area contributed by atoms with Crippen LogP contribution in [0.1, 0.15) is 20.3 Å². The minimum atomic E-state index is 0.168. The Kier molecular flexibility index (Phi) is 2.67. The molecule has 4 nitrogen and oxygen atoms in total. The van der Waals surface area contributed by atoms with Gasteiger partial charge < -0.3 is 9.80 Å². The number of carbonyl (C=O) groups is 2. The molecule has 0 atom stereocenters. The fourth-order valence-corrected chi connectivity index (χ4v) is 2.80. The van der Waals surface area contributed by atoms with Gasteiger partial charge in [-0.1, -0.05) is 0 Å². The normalized spacial score (nSPS) is 30.3. The van der Waals surface area contributed by atoms with Gasteiger partial charge in [0.05, 0.1) is 0 Å². The van der Waals surface area contributed by atoms with Crippen molar-refractivity contribution in [1.82, 2.24) is 9.80 Å². The highest BCUT2D eigenvalue weighted by molar-refractivity contribution is 5.74. The van der Waals surface area contributed by atoms with Crippen LogP contribution in [0.2, 0.25) is 0 Å². The first kappa shape index (κ1) is 10.5. The Hall–Kier alpha value is -1.06. The first-order chi connectivity index (χ1) is 7.06. The third kappa shape index (κ3) is 2.13. The molecule has 0 aromatic heterocycles. The molecule has 2 aliphatic heterocycles. The molecule has 2 heterocycles. The van der Waals surface area contributed by atoms with Crippen LogP contribution in [0.3, 0.4) is 0 Å². The van der Waals surface area contributed by atoms with Crippen LogP contribution in [0.4, 0.5) is 0 Å². The molecule has 2 amide bonds. The summed E-state index contributed by atoms with van der Waals surface area (Å²) in [6, 6.07) is 0. The molecular formula is C11H18N2O2. The molecule has 0 aliphatic carbocycles. The quantitative estimate of drug-likeness (QED) is 0.578. The molecule has 2 bridgehead atoms. The number of rotatable bonds is 0. The molecular weight excluding hydrogens is 192 g/mol. The number of piperidine rings is 2. The van der Waals surface area contributed by atoms with Gasteiger partial charge in [0.2, 0.25) is 11.8 Å². The van der Waals surface area contributed by atoms with Gasteiger partial charge in [0.15, 0.2) is 0 Å². The van der Waals surface area contributed by atoms with Crippen molar-refractivity contribution in [3.63, 3.8) is 0 Å². The van der Waals surface area contributed by atoms with Crippen molar-refractivity contribution in [2.75, 3.05) is 26.2 Å². The number of likely N-dealkylation sites (tertiary alicyclic amines) is 2. The molecule has 2 saturated heterocycles. The smallest absolute Gasteiger partial charge is 0.219 e. The zero-order valence-electron chi connectivity index (χ0n) is 9.40. The van der Waals surface area contributed by atoms with Gasteiger partial charge in [-0.15, -0.1) is 0 Å². The van der Waals surface area contributed by atoms with Crippen molar-refractivity contribution in [2.24, 2.45) is 11.8 Å². The number of carbonyl (C=O) groups excluding carboxylic acids is 2. The molecule has 84 valence electrons. The van der Waals surface area contributed by atoms with E-state index in [9.17, 15) is 9.59 Å². The molecule has 0 unspecified atom stereocenters. The van der Waals surface area contributed by atoms with Crippen LogP contribution in [-0.2, 0) is 9.59 Å². The summed E-state index contributed by atoms with van der Waals surface area (Å²) in [4.78, 5) is 26.4. The van der Waals surface area contributed by atoms with Gasteiger partial charge in [-0.3, -0.25) is 9.59 Å². The molecule has 2 fully saturated rings.